The van der Waals surface area contributed by atoms with Crippen molar-refractivity contribution in [2.75, 3.05) is 6.54 Å². The monoisotopic (exact) mass is 931 g/mol. The van der Waals surface area contributed by atoms with Gasteiger partial charge in [0.1, 0.15) is 30.2 Å². The van der Waals surface area contributed by atoms with Crippen LogP contribution in [0.15, 0.2) is 103 Å². The van der Waals surface area contributed by atoms with Gasteiger partial charge >= 0.3 is 12.1 Å². The molecule has 0 aliphatic rings. The van der Waals surface area contributed by atoms with Gasteiger partial charge in [0.25, 0.3) is 0 Å². The number of carbonyl (C=O) groups is 7. The van der Waals surface area contributed by atoms with E-state index in [0.717, 1.165) is 38.4 Å². The molecule has 20 heteroatoms. The average molecular weight is 932 g/mol. The van der Waals surface area contributed by atoms with Gasteiger partial charge in [-0.25, -0.2) is 4.79 Å². The van der Waals surface area contributed by atoms with Crippen molar-refractivity contribution in [3.05, 3.63) is 120 Å². The van der Waals surface area contributed by atoms with Gasteiger partial charge in [0.2, 0.25) is 35.4 Å². The Hall–Kier alpha value is -7.32. The predicted octanol–water partition coefficient (Wildman–Crippen LogP) is 2.39. The summed E-state index contributed by atoms with van der Waals surface area (Å²) in [4.78, 5) is 93.1. The molecule has 0 spiro atoms. The molecule has 358 valence electrons. The maximum absolute atomic E-state index is 14.3. The Bertz CT molecular complexity index is 2500. The summed E-state index contributed by atoms with van der Waals surface area (Å²) in [5.74, 6) is -6.66. The summed E-state index contributed by atoms with van der Waals surface area (Å²) in [6.07, 6.45) is -1.69. The van der Waals surface area contributed by atoms with E-state index in [9.17, 15) is 41.9 Å². The van der Waals surface area contributed by atoms with Gasteiger partial charge in [-0.3, -0.25) is 28.8 Å². The topological polar surface area (TPSA) is 294 Å². The number of hydrogen-bond donors (Lipinski definition) is 10. The van der Waals surface area contributed by atoms with Gasteiger partial charge in [-0.05, 0) is 73.2 Å². The molecule has 6 atom stereocenters. The lowest BCUT2D eigenvalue weighted by molar-refractivity contribution is -0.192. The fourth-order valence-corrected chi connectivity index (χ4v) is 6.90. The molecule has 0 aliphatic carbocycles. The van der Waals surface area contributed by atoms with Crippen molar-refractivity contribution in [2.45, 2.75) is 94.8 Å². The highest BCUT2D eigenvalue weighted by molar-refractivity contribution is 5.97. The quantitative estimate of drug-likeness (QED) is 0.0480. The van der Waals surface area contributed by atoms with Crippen LogP contribution in [-0.4, -0.2) is 100 Å². The molecule has 0 saturated carbocycles. The molecule has 4 aromatic carbocycles. The number of alkyl halides is 3. The Labute approximate surface area is 384 Å². The Kier molecular flexibility index (Phi) is 19.4. The first kappa shape index (κ1) is 52.3. The number of carboxylic acid groups (broad SMARTS) is 1. The molecular weight excluding hydrogens is 876 g/mol. The number of rotatable bonds is 21. The van der Waals surface area contributed by atoms with E-state index in [1.54, 1.807) is 30.5 Å². The molecule has 0 bridgehead atoms. The molecule has 13 N–H and O–H groups in total. The average Bonchev–Trinajstić information content (AvgIpc) is 3.70. The fourth-order valence-electron chi connectivity index (χ4n) is 6.90. The minimum atomic E-state index is -5.08. The lowest BCUT2D eigenvalue weighted by Crippen LogP contribution is -2.59. The number of carbonyl (C=O) groups excluding carboxylic acids is 6. The lowest BCUT2D eigenvalue weighted by atomic mass is 10.0. The van der Waals surface area contributed by atoms with Gasteiger partial charge in [-0.1, -0.05) is 91.0 Å². The third kappa shape index (κ3) is 16.3. The molecule has 1 heterocycles. The minimum absolute atomic E-state index is 0.0139. The van der Waals surface area contributed by atoms with Crippen molar-refractivity contribution in [3.8, 4) is 0 Å². The van der Waals surface area contributed by atoms with E-state index in [-0.39, 0.29) is 25.7 Å². The number of unbranched alkanes of at least 4 members (excludes halogenated alkanes) is 1. The van der Waals surface area contributed by atoms with Crippen LogP contribution in [0.4, 0.5) is 13.2 Å². The van der Waals surface area contributed by atoms with E-state index in [1.807, 2.05) is 72.8 Å². The van der Waals surface area contributed by atoms with Crippen molar-refractivity contribution in [1.82, 2.24) is 31.6 Å². The number of amides is 6. The molecule has 5 aromatic rings. The highest BCUT2D eigenvalue weighted by Gasteiger charge is 2.38. The van der Waals surface area contributed by atoms with Crippen LogP contribution in [0.5, 0.6) is 0 Å². The number of benzene rings is 4. The number of para-hydroxylation sites is 1. The Balaban J connectivity index is 0.00000129. The maximum atomic E-state index is 14.3. The standard InChI is InChI=1S/C45H55N9O6.C2HF3O2/c1-27(47)41(56)52-38(24-30-19-20-31-14-6-7-15-32(31)22-30)43(58)50-28(2)42(57)53-39(25-33-26-49-35-17-9-8-16-34(33)35)45(60)54-37(23-29-12-4-3-5-13-29)44(59)51-36(40(48)55)18-10-11-21-46;3-2(4,5)1(6)7/h3-9,12-17,19-20,22,26-28,36-39,49H,10-11,18,21,23-25,46-47H2,1-2H3,(H2,48,55)(H,50,58)(H,51,59)(H,52,56)(H,53,57)(H,54,60);(H,6,7). The first-order valence-electron chi connectivity index (χ1n) is 21.4. The Morgan fingerprint density at radius 1 is 0.627 bits per heavy atom. The molecule has 5 rings (SSSR count). The number of hydrogen-bond acceptors (Lipinski definition) is 9. The van der Waals surface area contributed by atoms with Crippen LogP contribution in [0.2, 0.25) is 0 Å². The largest absolute Gasteiger partial charge is 0.490 e. The first-order valence-corrected chi connectivity index (χ1v) is 21.4. The van der Waals surface area contributed by atoms with E-state index >= 15 is 0 Å². The number of halogens is 3. The van der Waals surface area contributed by atoms with Gasteiger partial charge in [-0.15, -0.1) is 0 Å². The first-order chi connectivity index (χ1) is 31.8. The lowest BCUT2D eigenvalue weighted by Gasteiger charge is -2.26. The summed E-state index contributed by atoms with van der Waals surface area (Å²) in [7, 11) is 0. The normalized spacial score (nSPS) is 13.9. The van der Waals surface area contributed by atoms with Crippen LogP contribution in [0.25, 0.3) is 21.7 Å². The fraction of sp³-hybridized carbons (Fsp3) is 0.340. The van der Waals surface area contributed by atoms with Gasteiger partial charge < -0.3 is 53.9 Å². The second kappa shape index (κ2) is 24.8. The van der Waals surface area contributed by atoms with Crippen LogP contribution in [0.3, 0.4) is 0 Å². The summed E-state index contributed by atoms with van der Waals surface area (Å²) in [5.41, 5.74) is 20.2. The third-order valence-corrected chi connectivity index (χ3v) is 10.5. The van der Waals surface area contributed by atoms with Gasteiger partial charge in [0.05, 0.1) is 6.04 Å². The number of fused-ring (bicyclic) bond motifs is 2. The number of nitrogens with two attached hydrogens (primary N) is 3. The number of nitrogens with one attached hydrogen (secondary N) is 6. The van der Waals surface area contributed by atoms with Crippen LogP contribution in [-0.2, 0) is 52.8 Å². The molecule has 0 radical (unpaired) electrons. The molecular formula is C47H56F3N9O8. The van der Waals surface area contributed by atoms with Crippen LogP contribution >= 0.6 is 0 Å². The van der Waals surface area contributed by atoms with E-state index in [0.29, 0.717) is 19.4 Å². The highest BCUT2D eigenvalue weighted by atomic mass is 19.4. The molecule has 0 aliphatic heterocycles. The van der Waals surface area contributed by atoms with Gasteiger partial charge in [0, 0.05) is 36.4 Å². The zero-order valence-corrected chi connectivity index (χ0v) is 36.9. The number of aromatic amines is 1. The van der Waals surface area contributed by atoms with Crippen molar-refractivity contribution < 1.29 is 51.8 Å². The zero-order valence-electron chi connectivity index (χ0n) is 36.9. The Morgan fingerprint density at radius 3 is 1.76 bits per heavy atom. The maximum Gasteiger partial charge on any atom is 0.490 e. The molecule has 17 nitrogen and oxygen atoms in total. The minimum Gasteiger partial charge on any atom is -0.475 e. The van der Waals surface area contributed by atoms with Crippen molar-refractivity contribution in [3.63, 3.8) is 0 Å². The number of aliphatic carboxylic acids is 1. The summed E-state index contributed by atoms with van der Waals surface area (Å²) in [6.45, 7) is 3.38. The number of primary amides is 1. The second-order valence-corrected chi connectivity index (χ2v) is 15.9. The summed E-state index contributed by atoms with van der Waals surface area (Å²) < 4.78 is 31.7. The van der Waals surface area contributed by atoms with Crippen molar-refractivity contribution in [2.24, 2.45) is 17.2 Å². The number of H-pyrrole nitrogens is 1. The van der Waals surface area contributed by atoms with Crippen LogP contribution < -0.4 is 43.8 Å². The molecule has 6 amide bonds. The summed E-state index contributed by atoms with van der Waals surface area (Å²) >= 11 is 0. The van der Waals surface area contributed by atoms with E-state index < -0.39 is 83.8 Å². The second-order valence-electron chi connectivity index (χ2n) is 15.9. The molecule has 0 saturated heterocycles. The zero-order chi connectivity index (χ0) is 49.3. The van der Waals surface area contributed by atoms with E-state index in [1.165, 1.54) is 13.8 Å². The van der Waals surface area contributed by atoms with Crippen LogP contribution in [0.1, 0.15) is 49.8 Å². The smallest absolute Gasteiger partial charge is 0.475 e. The molecule has 1 aromatic heterocycles. The van der Waals surface area contributed by atoms with Gasteiger partial charge in [0.15, 0.2) is 0 Å². The molecule has 0 fully saturated rings. The Morgan fingerprint density at radius 2 is 1.15 bits per heavy atom. The van der Waals surface area contributed by atoms with Crippen LogP contribution in [0, 0.1) is 0 Å². The SMILES string of the molecule is CC(N)C(=O)NC(Cc1ccc2ccccc2c1)C(=O)NC(C)C(=O)NC(Cc1c[nH]c2ccccc12)C(=O)NC(Cc1ccccc1)C(=O)NC(CCCCN)C(N)=O.O=C(O)C(F)(F)F. The van der Waals surface area contributed by atoms with E-state index in [4.69, 9.17) is 27.1 Å². The molecule has 6 unspecified atom stereocenters. The third-order valence-electron chi connectivity index (χ3n) is 10.5. The highest BCUT2D eigenvalue weighted by Crippen LogP contribution is 2.20. The summed E-state index contributed by atoms with van der Waals surface area (Å²) in [5, 5.41) is 23.6. The van der Waals surface area contributed by atoms with Crippen molar-refractivity contribution in [1.29, 1.82) is 0 Å². The number of aromatic nitrogens is 1. The molecule has 67 heavy (non-hydrogen) atoms. The van der Waals surface area contributed by atoms with Gasteiger partial charge in [-0.2, -0.15) is 13.2 Å². The summed E-state index contributed by atoms with van der Waals surface area (Å²) in [6, 6.07) is 23.4. The predicted molar refractivity (Wildman–Crippen MR) is 245 cm³/mol. The number of carboxylic acids is 1. The van der Waals surface area contributed by atoms with Crippen molar-refractivity contribution >= 4 is 63.1 Å². The van der Waals surface area contributed by atoms with E-state index in [2.05, 4.69) is 31.6 Å².